The summed E-state index contributed by atoms with van der Waals surface area (Å²) in [6, 6.07) is 4.03. The Morgan fingerprint density at radius 1 is 1.48 bits per heavy atom. The topological polar surface area (TPSA) is 53.6 Å². The summed E-state index contributed by atoms with van der Waals surface area (Å²) in [7, 11) is 3.54. The molecular formula is C16H25Cl2N3O2. The third-order valence-electron chi connectivity index (χ3n) is 4.04. The van der Waals surface area contributed by atoms with Gasteiger partial charge in [-0.3, -0.25) is 9.69 Å². The molecule has 1 heterocycles. The van der Waals surface area contributed by atoms with Crippen molar-refractivity contribution in [2.45, 2.75) is 25.8 Å². The lowest BCUT2D eigenvalue weighted by Crippen LogP contribution is -2.46. The molecule has 1 atom stereocenters. The van der Waals surface area contributed by atoms with Crippen LogP contribution in [-0.4, -0.2) is 50.6 Å². The Bertz CT molecular complexity index is 540. The Labute approximate surface area is 149 Å². The molecule has 130 valence electrons. The average molecular weight is 362 g/mol. The highest BCUT2D eigenvalue weighted by Gasteiger charge is 2.20. The second kappa shape index (κ2) is 9.33. The summed E-state index contributed by atoms with van der Waals surface area (Å²) in [5.74, 6) is 0.549. The number of hydrogen-bond acceptors (Lipinski definition) is 4. The summed E-state index contributed by atoms with van der Waals surface area (Å²) in [6.07, 6.45) is 2.28. The van der Waals surface area contributed by atoms with Crippen molar-refractivity contribution in [1.29, 1.82) is 0 Å². The van der Waals surface area contributed by atoms with E-state index in [1.165, 1.54) is 6.42 Å². The molecule has 1 amide bonds. The molecule has 0 bridgehead atoms. The van der Waals surface area contributed by atoms with Crippen molar-refractivity contribution in [3.8, 4) is 5.75 Å². The first-order chi connectivity index (χ1) is 10.5. The van der Waals surface area contributed by atoms with Crippen LogP contribution >= 0.6 is 24.0 Å². The minimum absolute atomic E-state index is 0. The Balaban J connectivity index is 0.00000264. The quantitative estimate of drug-likeness (QED) is 0.846. The maximum Gasteiger partial charge on any atom is 0.238 e. The van der Waals surface area contributed by atoms with Gasteiger partial charge in [-0.1, -0.05) is 11.6 Å². The van der Waals surface area contributed by atoms with Gasteiger partial charge in [-0.2, -0.15) is 0 Å². The molecule has 1 aliphatic rings. The van der Waals surface area contributed by atoms with Gasteiger partial charge in [0.25, 0.3) is 0 Å². The van der Waals surface area contributed by atoms with Gasteiger partial charge in [0, 0.05) is 23.7 Å². The number of methoxy groups -OCH3 is 1. The van der Waals surface area contributed by atoms with Crippen LogP contribution in [0.25, 0.3) is 0 Å². The van der Waals surface area contributed by atoms with Crippen molar-refractivity contribution in [2.24, 2.45) is 0 Å². The molecule has 2 rings (SSSR count). The number of hydrogen-bond donors (Lipinski definition) is 2. The van der Waals surface area contributed by atoms with Crippen LogP contribution in [0.1, 0.15) is 18.4 Å². The van der Waals surface area contributed by atoms with Crippen LogP contribution in [0.4, 0.5) is 5.69 Å². The number of likely N-dealkylation sites (N-methyl/N-ethyl adjacent to an activating group) is 1. The van der Waals surface area contributed by atoms with E-state index >= 15 is 0 Å². The minimum Gasteiger partial charge on any atom is -0.495 e. The fourth-order valence-corrected chi connectivity index (χ4v) is 2.91. The smallest absolute Gasteiger partial charge is 0.238 e. The van der Waals surface area contributed by atoms with Gasteiger partial charge in [0.2, 0.25) is 5.91 Å². The first-order valence-electron chi connectivity index (χ1n) is 7.57. The number of likely N-dealkylation sites (tertiary alicyclic amines) is 1. The number of anilines is 1. The molecule has 5 nitrogen and oxygen atoms in total. The van der Waals surface area contributed by atoms with E-state index < -0.39 is 0 Å². The molecule has 0 spiro atoms. The van der Waals surface area contributed by atoms with Crippen LogP contribution in [-0.2, 0) is 4.79 Å². The van der Waals surface area contributed by atoms with Gasteiger partial charge in [-0.15, -0.1) is 12.4 Å². The number of amides is 1. The third-order valence-corrected chi connectivity index (χ3v) is 4.44. The summed E-state index contributed by atoms with van der Waals surface area (Å²) < 4.78 is 5.28. The fraction of sp³-hybridized carbons (Fsp3) is 0.562. The van der Waals surface area contributed by atoms with Crippen LogP contribution < -0.4 is 15.4 Å². The average Bonchev–Trinajstić information content (AvgIpc) is 2.50. The summed E-state index contributed by atoms with van der Waals surface area (Å²) >= 11 is 6.08. The lowest BCUT2D eigenvalue weighted by molar-refractivity contribution is -0.117. The molecular weight excluding hydrogens is 337 g/mol. The molecule has 1 aromatic rings. The third kappa shape index (κ3) is 5.53. The van der Waals surface area contributed by atoms with Gasteiger partial charge in [0.1, 0.15) is 5.75 Å². The lowest BCUT2D eigenvalue weighted by atomic mass is 10.1. The summed E-state index contributed by atoms with van der Waals surface area (Å²) in [4.78, 5) is 14.5. The van der Waals surface area contributed by atoms with E-state index in [1.807, 2.05) is 20.0 Å². The Hall–Kier alpha value is -1.01. The van der Waals surface area contributed by atoms with Crippen molar-refractivity contribution >= 4 is 35.6 Å². The van der Waals surface area contributed by atoms with E-state index in [0.717, 1.165) is 25.1 Å². The normalized spacial score (nSPS) is 18.2. The van der Waals surface area contributed by atoms with Crippen LogP contribution in [0.2, 0.25) is 5.02 Å². The molecule has 1 aliphatic heterocycles. The molecule has 1 fully saturated rings. The number of halogens is 2. The van der Waals surface area contributed by atoms with E-state index in [2.05, 4.69) is 15.5 Å². The zero-order chi connectivity index (χ0) is 16.1. The standard InChI is InChI=1S/C16H24ClN3O2.ClH/c1-11-7-14(15(22-3)8-13(11)17)19-16(21)10-20-6-4-5-12(9-20)18-2;/h7-8,12,18H,4-6,9-10H2,1-3H3,(H,19,21);1H. The highest BCUT2D eigenvalue weighted by molar-refractivity contribution is 6.31. The number of ether oxygens (including phenoxy) is 1. The Kier molecular flexibility index (Phi) is 8.12. The molecule has 0 radical (unpaired) electrons. The number of carbonyl (C=O) groups excluding carboxylic acids is 1. The van der Waals surface area contributed by atoms with Crippen LogP contribution in [0.5, 0.6) is 5.75 Å². The van der Waals surface area contributed by atoms with E-state index in [1.54, 1.807) is 13.2 Å². The number of carbonyl (C=O) groups is 1. The van der Waals surface area contributed by atoms with Crippen molar-refractivity contribution < 1.29 is 9.53 Å². The van der Waals surface area contributed by atoms with E-state index in [4.69, 9.17) is 16.3 Å². The summed E-state index contributed by atoms with van der Waals surface area (Å²) in [6.45, 7) is 4.16. The second-order valence-electron chi connectivity index (χ2n) is 5.71. The first-order valence-corrected chi connectivity index (χ1v) is 7.95. The van der Waals surface area contributed by atoms with Crippen LogP contribution in [0.15, 0.2) is 12.1 Å². The maximum absolute atomic E-state index is 12.3. The van der Waals surface area contributed by atoms with Gasteiger partial charge >= 0.3 is 0 Å². The highest BCUT2D eigenvalue weighted by Crippen LogP contribution is 2.30. The molecule has 0 saturated carbocycles. The summed E-state index contributed by atoms with van der Waals surface area (Å²) in [5, 5.41) is 6.83. The number of piperidine rings is 1. The predicted molar refractivity (Wildman–Crippen MR) is 97.1 cm³/mol. The Morgan fingerprint density at radius 2 is 2.22 bits per heavy atom. The molecule has 0 aliphatic carbocycles. The molecule has 1 aromatic carbocycles. The number of nitrogens with zero attached hydrogens (tertiary/aromatic N) is 1. The van der Waals surface area contributed by atoms with Crippen molar-refractivity contribution in [1.82, 2.24) is 10.2 Å². The second-order valence-corrected chi connectivity index (χ2v) is 6.12. The van der Waals surface area contributed by atoms with Crippen molar-refractivity contribution in [2.75, 3.05) is 39.1 Å². The monoisotopic (exact) mass is 361 g/mol. The first kappa shape index (κ1) is 20.0. The highest BCUT2D eigenvalue weighted by atomic mass is 35.5. The lowest BCUT2D eigenvalue weighted by Gasteiger charge is -2.31. The van der Waals surface area contributed by atoms with Crippen LogP contribution in [0.3, 0.4) is 0 Å². The van der Waals surface area contributed by atoms with Crippen molar-refractivity contribution in [3.63, 3.8) is 0 Å². The summed E-state index contributed by atoms with van der Waals surface area (Å²) in [5.41, 5.74) is 1.57. The molecule has 0 aromatic heterocycles. The number of rotatable bonds is 5. The SMILES string of the molecule is CNC1CCCN(CC(=O)Nc2cc(C)c(Cl)cc2OC)C1.Cl. The minimum atomic E-state index is -0.0308. The van der Waals surface area contributed by atoms with Gasteiger partial charge < -0.3 is 15.4 Å². The van der Waals surface area contributed by atoms with Crippen LogP contribution in [0, 0.1) is 6.92 Å². The predicted octanol–water partition coefficient (Wildman–Crippen LogP) is 2.70. The van der Waals surface area contributed by atoms with Gasteiger partial charge in [-0.25, -0.2) is 0 Å². The molecule has 2 N–H and O–H groups in total. The maximum atomic E-state index is 12.3. The number of aryl methyl sites for hydroxylation is 1. The van der Waals surface area contributed by atoms with E-state index in [-0.39, 0.29) is 18.3 Å². The van der Waals surface area contributed by atoms with Gasteiger partial charge in [-0.05, 0) is 45.0 Å². The van der Waals surface area contributed by atoms with E-state index in [9.17, 15) is 4.79 Å². The number of nitrogens with one attached hydrogen (secondary N) is 2. The molecule has 1 saturated heterocycles. The Morgan fingerprint density at radius 3 is 2.87 bits per heavy atom. The van der Waals surface area contributed by atoms with E-state index in [0.29, 0.717) is 29.0 Å². The number of benzene rings is 1. The molecule has 1 unspecified atom stereocenters. The van der Waals surface area contributed by atoms with Gasteiger partial charge in [0.05, 0.1) is 19.3 Å². The fourth-order valence-electron chi connectivity index (χ4n) is 2.76. The molecule has 23 heavy (non-hydrogen) atoms. The largest absolute Gasteiger partial charge is 0.495 e. The van der Waals surface area contributed by atoms with Crippen molar-refractivity contribution in [3.05, 3.63) is 22.7 Å². The van der Waals surface area contributed by atoms with Gasteiger partial charge in [0.15, 0.2) is 0 Å². The zero-order valence-corrected chi connectivity index (χ0v) is 15.4. The zero-order valence-electron chi connectivity index (χ0n) is 13.8. The molecule has 7 heteroatoms.